The van der Waals surface area contributed by atoms with E-state index in [-0.39, 0.29) is 12.5 Å². The fourth-order valence-corrected chi connectivity index (χ4v) is 2.31. The molecule has 5 nitrogen and oxygen atoms in total. The number of aliphatic hydroxyl groups is 1. The van der Waals surface area contributed by atoms with Crippen molar-refractivity contribution in [2.24, 2.45) is 5.92 Å². The Hall–Kier alpha value is -2.66. The molecule has 0 saturated carbocycles. The van der Waals surface area contributed by atoms with Crippen LogP contribution in [-0.4, -0.2) is 28.6 Å². The number of carboxylic acids is 1. The third-order valence-corrected chi connectivity index (χ3v) is 3.60. The Balaban J connectivity index is 2.06. The van der Waals surface area contributed by atoms with E-state index in [9.17, 15) is 19.8 Å². The van der Waals surface area contributed by atoms with Gasteiger partial charge >= 0.3 is 5.97 Å². The summed E-state index contributed by atoms with van der Waals surface area (Å²) in [6.07, 6.45) is -1.19. The summed E-state index contributed by atoms with van der Waals surface area (Å²) in [6.45, 7) is 1.72. The lowest BCUT2D eigenvalue weighted by molar-refractivity contribution is -0.145. The minimum atomic E-state index is -1.19. The topological polar surface area (TPSA) is 86.6 Å². The molecule has 1 amide bonds. The molecule has 0 unspecified atom stereocenters. The van der Waals surface area contributed by atoms with Gasteiger partial charge in [-0.05, 0) is 24.6 Å². The predicted octanol–water partition coefficient (Wildman–Crippen LogP) is 2.16. The lowest BCUT2D eigenvalue weighted by atomic mass is 9.95. The zero-order valence-electron chi connectivity index (χ0n) is 12.8. The van der Waals surface area contributed by atoms with Gasteiger partial charge in [0.05, 0.1) is 6.10 Å². The summed E-state index contributed by atoms with van der Waals surface area (Å²) in [5.41, 5.74) is 1.91. The summed E-state index contributed by atoms with van der Waals surface area (Å²) in [4.78, 5) is 23.5. The SMILES string of the molecule is Cc1cccc(C(=O)NC[C@@H](C(=O)O)[C@H](O)c2ccccc2)c1. The number of aryl methyl sites for hydroxylation is 1. The van der Waals surface area contributed by atoms with E-state index < -0.39 is 18.0 Å². The molecule has 0 saturated heterocycles. The summed E-state index contributed by atoms with van der Waals surface area (Å²) in [6, 6.07) is 15.6. The van der Waals surface area contributed by atoms with Crippen molar-refractivity contribution in [2.45, 2.75) is 13.0 Å². The van der Waals surface area contributed by atoms with Crippen molar-refractivity contribution in [3.63, 3.8) is 0 Å². The number of hydrogen-bond donors (Lipinski definition) is 3. The van der Waals surface area contributed by atoms with Crippen LogP contribution in [-0.2, 0) is 4.79 Å². The van der Waals surface area contributed by atoms with Crippen molar-refractivity contribution >= 4 is 11.9 Å². The largest absolute Gasteiger partial charge is 0.481 e. The molecule has 0 aliphatic rings. The Labute approximate surface area is 134 Å². The normalized spacial score (nSPS) is 13.1. The molecule has 0 bridgehead atoms. The molecule has 2 rings (SSSR count). The predicted molar refractivity (Wildman–Crippen MR) is 86.0 cm³/mol. The van der Waals surface area contributed by atoms with Crippen LogP contribution in [0.5, 0.6) is 0 Å². The van der Waals surface area contributed by atoms with Crippen molar-refractivity contribution in [3.8, 4) is 0 Å². The van der Waals surface area contributed by atoms with E-state index in [0.29, 0.717) is 11.1 Å². The van der Waals surface area contributed by atoms with Crippen molar-refractivity contribution in [1.82, 2.24) is 5.32 Å². The summed E-state index contributed by atoms with van der Waals surface area (Å²) in [5, 5.41) is 22.1. The van der Waals surface area contributed by atoms with Crippen LogP contribution in [0.2, 0.25) is 0 Å². The number of benzene rings is 2. The van der Waals surface area contributed by atoms with Gasteiger partial charge in [-0.3, -0.25) is 9.59 Å². The van der Waals surface area contributed by atoms with Crippen LogP contribution in [0.15, 0.2) is 54.6 Å². The third-order valence-electron chi connectivity index (χ3n) is 3.60. The molecule has 0 radical (unpaired) electrons. The van der Waals surface area contributed by atoms with Crippen molar-refractivity contribution in [3.05, 3.63) is 71.3 Å². The van der Waals surface area contributed by atoms with E-state index in [2.05, 4.69) is 5.32 Å². The molecule has 23 heavy (non-hydrogen) atoms. The first kappa shape index (κ1) is 16.7. The molecule has 2 aromatic carbocycles. The van der Waals surface area contributed by atoms with Gasteiger partial charge in [0.15, 0.2) is 0 Å². The number of nitrogens with one attached hydrogen (secondary N) is 1. The molecular weight excluding hydrogens is 294 g/mol. The monoisotopic (exact) mass is 313 g/mol. The molecule has 0 aliphatic carbocycles. The average Bonchev–Trinajstić information content (AvgIpc) is 2.55. The Bertz CT molecular complexity index is 684. The summed E-state index contributed by atoms with van der Waals surface area (Å²) < 4.78 is 0. The van der Waals surface area contributed by atoms with Crippen LogP contribution < -0.4 is 5.32 Å². The smallest absolute Gasteiger partial charge is 0.311 e. The van der Waals surface area contributed by atoms with Crippen molar-refractivity contribution in [2.75, 3.05) is 6.54 Å². The van der Waals surface area contributed by atoms with Crippen LogP contribution in [0.25, 0.3) is 0 Å². The quantitative estimate of drug-likeness (QED) is 0.763. The number of carbonyl (C=O) groups excluding carboxylic acids is 1. The number of amides is 1. The molecule has 0 spiro atoms. The standard InChI is InChI=1S/C18H19NO4/c1-12-6-5-9-14(10-12)17(21)19-11-15(18(22)23)16(20)13-7-3-2-4-8-13/h2-10,15-16,20H,11H2,1H3,(H,19,21)(H,22,23)/t15-,16-/m1/s1. The molecule has 0 aromatic heterocycles. The van der Waals surface area contributed by atoms with Crippen LogP contribution in [0.3, 0.4) is 0 Å². The highest BCUT2D eigenvalue weighted by molar-refractivity contribution is 5.94. The van der Waals surface area contributed by atoms with Crippen molar-refractivity contribution in [1.29, 1.82) is 0 Å². The van der Waals surface area contributed by atoms with Crippen LogP contribution >= 0.6 is 0 Å². The highest BCUT2D eigenvalue weighted by atomic mass is 16.4. The Morgan fingerprint density at radius 2 is 1.78 bits per heavy atom. The van der Waals surface area contributed by atoms with Gasteiger partial charge in [0.25, 0.3) is 5.91 Å². The molecule has 0 aliphatic heterocycles. The van der Waals surface area contributed by atoms with E-state index in [1.807, 2.05) is 13.0 Å². The van der Waals surface area contributed by atoms with Gasteiger partial charge in [-0.15, -0.1) is 0 Å². The highest BCUT2D eigenvalue weighted by Gasteiger charge is 2.28. The fraction of sp³-hybridized carbons (Fsp3) is 0.222. The van der Waals surface area contributed by atoms with Crippen LogP contribution in [0, 0.1) is 12.8 Å². The van der Waals surface area contributed by atoms with E-state index in [0.717, 1.165) is 5.56 Å². The lowest BCUT2D eigenvalue weighted by Gasteiger charge is -2.20. The first-order valence-corrected chi connectivity index (χ1v) is 7.29. The van der Waals surface area contributed by atoms with E-state index in [4.69, 9.17) is 0 Å². The minimum Gasteiger partial charge on any atom is -0.481 e. The molecule has 0 heterocycles. The molecular formula is C18H19NO4. The number of carbonyl (C=O) groups is 2. The van der Waals surface area contributed by atoms with Crippen LogP contribution in [0.4, 0.5) is 0 Å². The van der Waals surface area contributed by atoms with Gasteiger partial charge in [-0.25, -0.2) is 0 Å². The van der Waals surface area contributed by atoms with Crippen LogP contribution in [0.1, 0.15) is 27.6 Å². The summed E-state index contributed by atoms with van der Waals surface area (Å²) in [5.74, 6) is -2.64. The third kappa shape index (κ3) is 4.40. The zero-order valence-corrected chi connectivity index (χ0v) is 12.8. The molecule has 3 N–H and O–H groups in total. The van der Waals surface area contributed by atoms with Gasteiger partial charge in [0.1, 0.15) is 5.92 Å². The second kappa shape index (κ2) is 7.56. The van der Waals surface area contributed by atoms with E-state index in [1.165, 1.54) is 0 Å². The number of carboxylic acid groups (broad SMARTS) is 1. The summed E-state index contributed by atoms with van der Waals surface area (Å²) in [7, 11) is 0. The molecule has 5 heteroatoms. The Kier molecular flexibility index (Phi) is 5.49. The average molecular weight is 313 g/mol. The number of hydrogen-bond acceptors (Lipinski definition) is 3. The maximum atomic E-state index is 12.1. The Morgan fingerprint density at radius 3 is 2.39 bits per heavy atom. The number of rotatable bonds is 6. The second-order valence-corrected chi connectivity index (χ2v) is 5.38. The molecule has 120 valence electrons. The highest BCUT2D eigenvalue weighted by Crippen LogP contribution is 2.21. The maximum Gasteiger partial charge on any atom is 0.311 e. The fourth-order valence-electron chi connectivity index (χ4n) is 2.31. The van der Waals surface area contributed by atoms with Gasteiger partial charge in [-0.1, -0.05) is 48.0 Å². The maximum absolute atomic E-state index is 12.1. The van der Waals surface area contributed by atoms with E-state index in [1.54, 1.807) is 48.5 Å². The minimum absolute atomic E-state index is 0.155. The van der Waals surface area contributed by atoms with Crippen molar-refractivity contribution < 1.29 is 19.8 Å². The Morgan fingerprint density at radius 1 is 1.09 bits per heavy atom. The lowest BCUT2D eigenvalue weighted by Crippen LogP contribution is -2.36. The van der Waals surface area contributed by atoms with E-state index >= 15 is 0 Å². The summed E-state index contributed by atoms with van der Waals surface area (Å²) >= 11 is 0. The molecule has 2 aromatic rings. The second-order valence-electron chi connectivity index (χ2n) is 5.38. The zero-order chi connectivity index (χ0) is 16.8. The number of aliphatic hydroxyl groups excluding tert-OH is 1. The van der Waals surface area contributed by atoms with Gasteiger partial charge < -0.3 is 15.5 Å². The first-order chi connectivity index (χ1) is 11.0. The molecule has 2 atom stereocenters. The number of aliphatic carboxylic acids is 1. The van der Waals surface area contributed by atoms with Gasteiger partial charge in [0.2, 0.25) is 0 Å². The first-order valence-electron chi connectivity index (χ1n) is 7.29. The van der Waals surface area contributed by atoms with Gasteiger partial charge in [0, 0.05) is 12.1 Å². The van der Waals surface area contributed by atoms with Gasteiger partial charge in [-0.2, -0.15) is 0 Å². The molecule has 0 fully saturated rings.